The molecule has 0 aromatic heterocycles. The highest BCUT2D eigenvalue weighted by atomic mass is 19.1. The number of hydrazone groups is 1. The number of nitrogens with zero attached hydrogens (tertiary/aromatic N) is 1. The predicted octanol–water partition coefficient (Wildman–Crippen LogP) is 3.55. The molecule has 0 bridgehead atoms. The van der Waals surface area contributed by atoms with Crippen LogP contribution in [-0.4, -0.2) is 5.71 Å². The van der Waals surface area contributed by atoms with Crippen LogP contribution < -0.4 is 16.9 Å². The van der Waals surface area contributed by atoms with Gasteiger partial charge >= 0.3 is 0 Å². The first-order chi connectivity index (χ1) is 11.5. The van der Waals surface area contributed by atoms with Gasteiger partial charge in [0.05, 0.1) is 11.4 Å². The summed E-state index contributed by atoms with van der Waals surface area (Å²) in [7, 11) is 0. The lowest BCUT2D eigenvalue weighted by Crippen LogP contribution is -2.10. The van der Waals surface area contributed by atoms with E-state index in [-0.39, 0.29) is 5.82 Å². The van der Waals surface area contributed by atoms with Crippen molar-refractivity contribution < 1.29 is 4.39 Å². The molecule has 24 heavy (non-hydrogen) atoms. The van der Waals surface area contributed by atoms with Crippen LogP contribution in [0.25, 0.3) is 0 Å². The van der Waals surface area contributed by atoms with Crippen LogP contribution in [0.2, 0.25) is 0 Å². The average Bonchev–Trinajstić information content (AvgIpc) is 2.61. The highest BCUT2D eigenvalue weighted by molar-refractivity contribution is 5.98. The molecule has 0 atom stereocenters. The molecule has 0 amide bonds. The van der Waals surface area contributed by atoms with Gasteiger partial charge < -0.3 is 11.5 Å². The van der Waals surface area contributed by atoms with Crippen LogP contribution >= 0.6 is 0 Å². The van der Waals surface area contributed by atoms with Gasteiger partial charge in [-0.15, -0.1) is 0 Å². The fourth-order valence-corrected chi connectivity index (χ4v) is 2.13. The van der Waals surface area contributed by atoms with Crippen molar-refractivity contribution >= 4 is 11.4 Å². The molecule has 126 valence electrons. The Bertz CT molecular complexity index is 731. The SMILES string of the molecule is CC(=NNc1ccc(F)cc1)C(C)=C(N)Cc1ccc(CN)cc1. The Kier molecular flexibility index (Phi) is 6.09. The Morgan fingerprint density at radius 2 is 1.58 bits per heavy atom. The van der Waals surface area contributed by atoms with E-state index in [9.17, 15) is 4.39 Å². The maximum absolute atomic E-state index is 12.9. The normalized spacial score (nSPS) is 12.8. The van der Waals surface area contributed by atoms with Crippen LogP contribution in [0.3, 0.4) is 0 Å². The van der Waals surface area contributed by atoms with Crippen LogP contribution in [0.4, 0.5) is 10.1 Å². The number of rotatable bonds is 6. The monoisotopic (exact) mass is 326 g/mol. The number of hydrogen-bond donors (Lipinski definition) is 3. The highest BCUT2D eigenvalue weighted by Crippen LogP contribution is 2.12. The first-order valence-corrected chi connectivity index (χ1v) is 7.79. The summed E-state index contributed by atoms with van der Waals surface area (Å²) in [6, 6.07) is 14.1. The summed E-state index contributed by atoms with van der Waals surface area (Å²) in [6.45, 7) is 4.36. The minimum Gasteiger partial charge on any atom is -0.401 e. The van der Waals surface area contributed by atoms with Crippen molar-refractivity contribution in [1.29, 1.82) is 0 Å². The second-order valence-electron chi connectivity index (χ2n) is 5.66. The molecule has 0 spiro atoms. The third-order valence-electron chi connectivity index (χ3n) is 3.87. The van der Waals surface area contributed by atoms with Gasteiger partial charge in [-0.25, -0.2) is 4.39 Å². The second-order valence-corrected chi connectivity index (χ2v) is 5.66. The summed E-state index contributed by atoms with van der Waals surface area (Å²) in [5, 5.41) is 4.30. The zero-order valence-electron chi connectivity index (χ0n) is 14.0. The van der Waals surface area contributed by atoms with Gasteiger partial charge in [-0.2, -0.15) is 5.10 Å². The van der Waals surface area contributed by atoms with Gasteiger partial charge in [0.1, 0.15) is 5.82 Å². The minimum atomic E-state index is -0.276. The lowest BCUT2D eigenvalue weighted by Gasteiger charge is -2.09. The standard InChI is InChI=1S/C19H23FN4/c1-13(14(2)23-24-18-9-7-17(20)8-10-18)19(22)11-15-3-5-16(12-21)6-4-15/h3-10,24H,11-12,21-22H2,1-2H3. The lowest BCUT2D eigenvalue weighted by atomic mass is 10.0. The third-order valence-corrected chi connectivity index (χ3v) is 3.87. The first kappa shape index (κ1) is 17.7. The van der Waals surface area contributed by atoms with Crippen LogP contribution in [0.1, 0.15) is 25.0 Å². The van der Waals surface area contributed by atoms with Crippen molar-refractivity contribution in [2.24, 2.45) is 16.6 Å². The zero-order valence-corrected chi connectivity index (χ0v) is 14.0. The quantitative estimate of drug-likeness (QED) is 0.561. The van der Waals surface area contributed by atoms with E-state index < -0.39 is 0 Å². The van der Waals surface area contributed by atoms with Crippen molar-refractivity contribution in [3.05, 3.63) is 76.7 Å². The molecule has 2 aromatic rings. The molecule has 5 N–H and O–H groups in total. The molecule has 0 aliphatic rings. The van der Waals surface area contributed by atoms with Crippen LogP contribution in [-0.2, 0) is 13.0 Å². The van der Waals surface area contributed by atoms with Crippen LogP contribution in [0, 0.1) is 5.82 Å². The van der Waals surface area contributed by atoms with E-state index in [0.717, 1.165) is 33.8 Å². The van der Waals surface area contributed by atoms with Gasteiger partial charge in [0.25, 0.3) is 0 Å². The van der Waals surface area contributed by atoms with E-state index in [0.29, 0.717) is 13.0 Å². The average molecular weight is 326 g/mol. The fourth-order valence-electron chi connectivity index (χ4n) is 2.13. The maximum Gasteiger partial charge on any atom is 0.123 e. The van der Waals surface area contributed by atoms with Crippen molar-refractivity contribution in [3.63, 3.8) is 0 Å². The summed E-state index contributed by atoms with van der Waals surface area (Å²) in [5.74, 6) is -0.276. The van der Waals surface area contributed by atoms with Gasteiger partial charge in [-0.05, 0) is 54.8 Å². The molecule has 0 saturated carbocycles. The van der Waals surface area contributed by atoms with Gasteiger partial charge in [-0.1, -0.05) is 24.3 Å². The minimum absolute atomic E-state index is 0.276. The Balaban J connectivity index is 2.05. The highest BCUT2D eigenvalue weighted by Gasteiger charge is 2.04. The Labute approximate surface area is 142 Å². The Morgan fingerprint density at radius 1 is 1.00 bits per heavy atom. The number of hydrogen-bond acceptors (Lipinski definition) is 4. The molecule has 0 radical (unpaired) electrons. The van der Waals surface area contributed by atoms with Crippen molar-refractivity contribution in [2.75, 3.05) is 5.43 Å². The molecule has 0 aliphatic heterocycles. The summed E-state index contributed by atoms with van der Waals surface area (Å²) in [4.78, 5) is 0. The summed E-state index contributed by atoms with van der Waals surface area (Å²) < 4.78 is 12.9. The second kappa shape index (κ2) is 8.26. The summed E-state index contributed by atoms with van der Waals surface area (Å²) in [5.41, 5.74) is 20.1. The van der Waals surface area contributed by atoms with Gasteiger partial charge in [0.2, 0.25) is 0 Å². The molecule has 2 rings (SSSR count). The fraction of sp³-hybridized carbons (Fsp3) is 0.211. The predicted molar refractivity (Wildman–Crippen MR) is 98.1 cm³/mol. The van der Waals surface area contributed by atoms with E-state index in [2.05, 4.69) is 10.5 Å². The first-order valence-electron chi connectivity index (χ1n) is 7.79. The van der Waals surface area contributed by atoms with Crippen LogP contribution in [0.5, 0.6) is 0 Å². The third kappa shape index (κ3) is 4.93. The molecule has 0 saturated heterocycles. The smallest absolute Gasteiger partial charge is 0.123 e. The number of allylic oxidation sites excluding steroid dienone is 2. The van der Waals surface area contributed by atoms with E-state index >= 15 is 0 Å². The molecule has 0 unspecified atom stereocenters. The van der Waals surface area contributed by atoms with E-state index in [4.69, 9.17) is 11.5 Å². The number of benzene rings is 2. The zero-order chi connectivity index (χ0) is 17.5. The van der Waals surface area contributed by atoms with Gasteiger partial charge in [-0.3, -0.25) is 5.43 Å². The van der Waals surface area contributed by atoms with Crippen LogP contribution in [0.15, 0.2) is 64.9 Å². The molecule has 0 aliphatic carbocycles. The van der Waals surface area contributed by atoms with Crippen molar-refractivity contribution in [3.8, 4) is 0 Å². The Morgan fingerprint density at radius 3 is 2.17 bits per heavy atom. The number of anilines is 1. The number of halogens is 1. The Hall–Kier alpha value is -2.66. The topological polar surface area (TPSA) is 76.4 Å². The van der Waals surface area contributed by atoms with Gasteiger partial charge in [0.15, 0.2) is 0 Å². The number of nitrogens with one attached hydrogen (secondary N) is 1. The van der Waals surface area contributed by atoms with Crippen molar-refractivity contribution in [2.45, 2.75) is 26.8 Å². The summed E-state index contributed by atoms with van der Waals surface area (Å²) >= 11 is 0. The molecule has 2 aromatic carbocycles. The molecule has 0 fully saturated rings. The molecule has 0 heterocycles. The molecule has 4 nitrogen and oxygen atoms in total. The van der Waals surface area contributed by atoms with E-state index in [1.165, 1.54) is 12.1 Å². The molecule has 5 heteroatoms. The molecular formula is C19H23FN4. The largest absolute Gasteiger partial charge is 0.401 e. The van der Waals surface area contributed by atoms with Gasteiger partial charge in [0, 0.05) is 18.7 Å². The van der Waals surface area contributed by atoms with E-state index in [1.54, 1.807) is 12.1 Å². The van der Waals surface area contributed by atoms with E-state index in [1.807, 2.05) is 38.1 Å². The molecular weight excluding hydrogens is 303 g/mol. The number of nitrogens with two attached hydrogens (primary N) is 2. The summed E-state index contributed by atoms with van der Waals surface area (Å²) in [6.07, 6.45) is 0.653. The van der Waals surface area contributed by atoms with Crippen molar-refractivity contribution in [1.82, 2.24) is 0 Å². The maximum atomic E-state index is 12.9. The lowest BCUT2D eigenvalue weighted by molar-refractivity contribution is 0.628.